The van der Waals surface area contributed by atoms with Gasteiger partial charge >= 0.3 is 5.97 Å². The summed E-state index contributed by atoms with van der Waals surface area (Å²) in [6.45, 7) is 2.79. The molecule has 1 aromatic carbocycles. The number of aliphatic carboxylic acids is 1. The van der Waals surface area contributed by atoms with Crippen molar-refractivity contribution in [3.8, 4) is 0 Å². The van der Waals surface area contributed by atoms with Gasteiger partial charge in [-0.2, -0.15) is 0 Å². The number of nitrogens with one attached hydrogen (secondary N) is 1. The fourth-order valence-electron chi connectivity index (χ4n) is 3.93. The fraction of sp³-hybridized carbons (Fsp3) is 0.579. The Morgan fingerprint density at radius 3 is 2.42 bits per heavy atom. The molecule has 2 aliphatic carbocycles. The van der Waals surface area contributed by atoms with Crippen LogP contribution in [-0.4, -0.2) is 47.1 Å². The lowest BCUT2D eigenvalue weighted by atomic mass is 9.63. The van der Waals surface area contributed by atoms with Gasteiger partial charge in [0.15, 0.2) is 0 Å². The molecule has 1 amide bonds. The van der Waals surface area contributed by atoms with Gasteiger partial charge in [0.05, 0.1) is 12.0 Å². The molecule has 0 saturated heterocycles. The molecule has 1 aromatic rings. The maximum atomic E-state index is 12.9. The number of rotatable bonds is 7. The summed E-state index contributed by atoms with van der Waals surface area (Å²) in [7, 11) is 0. The van der Waals surface area contributed by atoms with Gasteiger partial charge in [0.2, 0.25) is 5.91 Å². The minimum Gasteiger partial charge on any atom is -0.480 e. The van der Waals surface area contributed by atoms with E-state index < -0.39 is 5.97 Å². The summed E-state index contributed by atoms with van der Waals surface area (Å²) in [5.41, 5.74) is 0.767. The first-order valence-corrected chi connectivity index (χ1v) is 8.87. The Hall–Kier alpha value is -1.88. The number of benzene rings is 1. The molecule has 2 aliphatic rings. The van der Waals surface area contributed by atoms with Crippen LogP contribution in [0.25, 0.3) is 0 Å². The summed E-state index contributed by atoms with van der Waals surface area (Å²) in [6.07, 6.45) is 4.62. The Kier molecular flexibility index (Phi) is 4.90. The minimum atomic E-state index is -0.790. The second kappa shape index (κ2) is 6.93. The van der Waals surface area contributed by atoms with E-state index in [9.17, 15) is 9.59 Å². The van der Waals surface area contributed by atoms with Gasteiger partial charge in [-0.15, -0.1) is 0 Å². The van der Waals surface area contributed by atoms with E-state index in [0.717, 1.165) is 44.2 Å². The summed E-state index contributed by atoms with van der Waals surface area (Å²) in [5.74, 6) is -0.647. The number of hydrogen-bond acceptors (Lipinski definition) is 3. The average molecular weight is 330 g/mol. The number of likely N-dealkylation sites (N-methyl/N-ethyl adjacent to an activating group) is 1. The van der Waals surface area contributed by atoms with Crippen LogP contribution in [0.5, 0.6) is 0 Å². The second-order valence-corrected chi connectivity index (χ2v) is 7.05. The first-order valence-electron chi connectivity index (χ1n) is 8.87. The smallest absolute Gasteiger partial charge is 0.317 e. The molecule has 0 aliphatic heterocycles. The number of hydrogen-bond donors (Lipinski definition) is 2. The van der Waals surface area contributed by atoms with Gasteiger partial charge in [0, 0.05) is 12.1 Å². The maximum Gasteiger partial charge on any atom is 0.317 e. The predicted octanol–water partition coefficient (Wildman–Crippen LogP) is 2.16. The number of carboxylic acids is 1. The van der Waals surface area contributed by atoms with Crippen molar-refractivity contribution in [2.45, 2.75) is 56.5 Å². The lowest BCUT2D eigenvalue weighted by Gasteiger charge is -2.46. The van der Waals surface area contributed by atoms with Crippen LogP contribution in [0.15, 0.2) is 30.3 Å². The van der Waals surface area contributed by atoms with Crippen LogP contribution in [0.1, 0.15) is 44.6 Å². The average Bonchev–Trinajstić information content (AvgIpc) is 2.48. The predicted molar refractivity (Wildman–Crippen MR) is 91.8 cm³/mol. The summed E-state index contributed by atoms with van der Waals surface area (Å²) >= 11 is 0. The van der Waals surface area contributed by atoms with Crippen molar-refractivity contribution in [1.82, 2.24) is 10.2 Å². The van der Waals surface area contributed by atoms with E-state index in [1.54, 1.807) is 0 Å². The molecule has 0 unspecified atom stereocenters. The molecule has 130 valence electrons. The van der Waals surface area contributed by atoms with E-state index in [4.69, 9.17) is 5.11 Å². The molecule has 0 heterocycles. The van der Waals surface area contributed by atoms with Gasteiger partial charge in [-0.3, -0.25) is 14.5 Å². The van der Waals surface area contributed by atoms with Crippen molar-refractivity contribution in [2.75, 3.05) is 13.1 Å². The van der Waals surface area contributed by atoms with Crippen LogP contribution >= 0.6 is 0 Å². The zero-order chi connectivity index (χ0) is 17.2. The van der Waals surface area contributed by atoms with Crippen molar-refractivity contribution in [2.24, 2.45) is 0 Å². The molecule has 2 fully saturated rings. The normalized spacial score (nSPS) is 24.8. The van der Waals surface area contributed by atoms with Crippen LogP contribution in [-0.2, 0) is 15.0 Å². The minimum absolute atomic E-state index is 0.0792. The molecule has 2 N–H and O–H groups in total. The Balaban J connectivity index is 1.56. The molecule has 0 radical (unpaired) electrons. The van der Waals surface area contributed by atoms with Gasteiger partial charge in [-0.1, -0.05) is 43.7 Å². The lowest BCUT2D eigenvalue weighted by molar-refractivity contribution is -0.140. The monoisotopic (exact) mass is 330 g/mol. The van der Waals surface area contributed by atoms with Crippen molar-refractivity contribution >= 4 is 11.9 Å². The molecule has 2 saturated carbocycles. The van der Waals surface area contributed by atoms with Crippen molar-refractivity contribution in [1.29, 1.82) is 0 Å². The number of nitrogens with zero attached hydrogens (tertiary/aromatic N) is 1. The molecule has 5 heteroatoms. The highest BCUT2D eigenvalue weighted by Gasteiger charge is 2.47. The van der Waals surface area contributed by atoms with E-state index >= 15 is 0 Å². The van der Waals surface area contributed by atoms with Crippen LogP contribution in [0.4, 0.5) is 0 Å². The molecule has 5 nitrogen and oxygen atoms in total. The Bertz CT molecular complexity index is 592. The van der Waals surface area contributed by atoms with E-state index in [2.05, 4.69) is 5.32 Å². The SMILES string of the molecule is CCN(CC(=O)O)C1CC(NC(=O)C2(c3ccccc3)CCC2)C1. The molecule has 0 bridgehead atoms. The first kappa shape index (κ1) is 17.0. The van der Waals surface area contributed by atoms with E-state index in [1.807, 2.05) is 42.2 Å². The van der Waals surface area contributed by atoms with Crippen LogP contribution in [0.3, 0.4) is 0 Å². The molecular formula is C19H26N2O3. The van der Waals surface area contributed by atoms with Crippen molar-refractivity contribution in [3.05, 3.63) is 35.9 Å². The third-order valence-electron chi connectivity index (χ3n) is 5.68. The van der Waals surface area contributed by atoms with E-state index in [1.165, 1.54) is 0 Å². The standard InChI is InChI=1S/C19H26N2O3/c1-2-21(13-17(22)23)16-11-15(12-16)20-18(24)19(9-6-10-19)14-7-4-3-5-8-14/h3-5,7-8,15-16H,2,6,9-13H2,1H3,(H,20,24)(H,22,23). The molecule has 0 aromatic heterocycles. The summed E-state index contributed by atoms with van der Waals surface area (Å²) < 4.78 is 0. The highest BCUT2D eigenvalue weighted by atomic mass is 16.4. The van der Waals surface area contributed by atoms with E-state index in [-0.39, 0.29) is 30.0 Å². The topological polar surface area (TPSA) is 69.6 Å². The summed E-state index contributed by atoms with van der Waals surface area (Å²) in [6, 6.07) is 10.5. The van der Waals surface area contributed by atoms with Gasteiger partial charge in [0.1, 0.15) is 0 Å². The zero-order valence-corrected chi connectivity index (χ0v) is 14.2. The molecule has 0 atom stereocenters. The molecule has 0 spiro atoms. The van der Waals surface area contributed by atoms with Crippen molar-refractivity contribution < 1.29 is 14.7 Å². The summed E-state index contributed by atoms with van der Waals surface area (Å²) in [5, 5.41) is 12.2. The van der Waals surface area contributed by atoms with E-state index in [0.29, 0.717) is 0 Å². The largest absolute Gasteiger partial charge is 0.480 e. The van der Waals surface area contributed by atoms with Gasteiger partial charge in [-0.05, 0) is 37.8 Å². The third-order valence-corrected chi connectivity index (χ3v) is 5.68. The Morgan fingerprint density at radius 2 is 1.92 bits per heavy atom. The highest BCUT2D eigenvalue weighted by molar-refractivity contribution is 5.89. The summed E-state index contributed by atoms with van der Waals surface area (Å²) in [4.78, 5) is 25.7. The van der Waals surface area contributed by atoms with Crippen molar-refractivity contribution in [3.63, 3.8) is 0 Å². The lowest BCUT2D eigenvalue weighted by Crippen LogP contribution is -2.59. The van der Waals surface area contributed by atoms with Gasteiger partial charge in [-0.25, -0.2) is 0 Å². The maximum absolute atomic E-state index is 12.9. The van der Waals surface area contributed by atoms with Gasteiger partial charge in [0.25, 0.3) is 0 Å². The third kappa shape index (κ3) is 3.18. The van der Waals surface area contributed by atoms with Crippen LogP contribution in [0, 0.1) is 0 Å². The fourth-order valence-corrected chi connectivity index (χ4v) is 3.93. The Morgan fingerprint density at radius 1 is 1.25 bits per heavy atom. The molecule has 24 heavy (non-hydrogen) atoms. The van der Waals surface area contributed by atoms with Crippen LogP contribution < -0.4 is 5.32 Å². The number of carboxylic acid groups (broad SMARTS) is 1. The van der Waals surface area contributed by atoms with Crippen LogP contribution in [0.2, 0.25) is 0 Å². The molecular weight excluding hydrogens is 304 g/mol. The molecule has 3 rings (SSSR count). The number of carbonyl (C=O) groups excluding carboxylic acids is 1. The zero-order valence-electron chi connectivity index (χ0n) is 14.2. The van der Waals surface area contributed by atoms with Gasteiger partial charge < -0.3 is 10.4 Å². The number of carbonyl (C=O) groups is 2. The number of amides is 1. The quantitative estimate of drug-likeness (QED) is 0.804. The first-order chi connectivity index (χ1) is 11.5. The highest BCUT2D eigenvalue weighted by Crippen LogP contribution is 2.44. The Labute approximate surface area is 143 Å². The second-order valence-electron chi connectivity index (χ2n) is 7.05.